The Kier molecular flexibility index (Phi) is 6.29. The molecule has 1 rings (SSSR count). The molecular weight excluding hydrogens is 157 g/mol. The molecule has 0 bridgehead atoms. The minimum atomic E-state index is -0.662. The molecule has 4 heteroatoms. The number of carbonyl (C=O) groups is 1. The van der Waals surface area contributed by atoms with Gasteiger partial charge in [0.2, 0.25) is 0 Å². The Hall–Kier alpha value is 1.07. The first-order valence-electron chi connectivity index (χ1n) is 3.17. The first kappa shape index (κ1) is 11.1. The Morgan fingerprint density at radius 1 is 1.40 bits per heavy atom. The summed E-state index contributed by atoms with van der Waals surface area (Å²) in [6, 6.07) is 0. The van der Waals surface area contributed by atoms with Crippen LogP contribution in [0.3, 0.4) is 0 Å². The topological polar surface area (TPSA) is 51.4 Å². The molecule has 0 radical (unpaired) electrons. The summed E-state index contributed by atoms with van der Waals surface area (Å²) in [4.78, 5) is 10.3. The molecule has 0 aromatic rings. The molecule has 0 unspecified atom stereocenters. The van der Waals surface area contributed by atoms with Crippen molar-refractivity contribution in [2.45, 2.75) is 12.8 Å². The van der Waals surface area contributed by atoms with E-state index < -0.39 is 5.97 Å². The number of aliphatic carboxylic acids is 1. The van der Waals surface area contributed by atoms with E-state index in [2.05, 4.69) is 5.32 Å². The van der Waals surface area contributed by atoms with Gasteiger partial charge in [0.15, 0.2) is 0 Å². The number of carboxylic acid groups (broad SMARTS) is 1. The first-order valence-corrected chi connectivity index (χ1v) is 3.17. The number of rotatable bonds is 1. The fourth-order valence-electron chi connectivity index (χ4n) is 0.997. The molecule has 52 valence electrons. The van der Waals surface area contributed by atoms with E-state index >= 15 is 0 Å². The zero-order valence-corrected chi connectivity index (χ0v) is 9.33. The van der Waals surface area contributed by atoms with Gasteiger partial charge in [-0.05, 0) is 0 Å². The van der Waals surface area contributed by atoms with E-state index in [1.807, 2.05) is 0 Å². The van der Waals surface area contributed by atoms with Gasteiger partial charge in [-0.15, -0.1) is 13.1 Å². The third-order valence-electron chi connectivity index (χ3n) is 1.62. The second-order valence-corrected chi connectivity index (χ2v) is 2.28. The summed E-state index contributed by atoms with van der Waals surface area (Å²) in [5.74, 6) is -0.785. The summed E-state index contributed by atoms with van der Waals surface area (Å²) in [5, 5.41) is 12.5. The van der Waals surface area contributed by atoms with Crippen molar-refractivity contribution in [2.24, 2.45) is 5.92 Å². The van der Waals surface area contributed by atoms with Gasteiger partial charge in [0.25, 0.3) is 0 Å². The van der Waals surface area contributed by atoms with Crippen LogP contribution in [0.2, 0.25) is 0 Å². The fraction of sp³-hybridized carbons (Fsp3) is 0.833. The maximum Gasteiger partial charge on any atom is 1.00 e. The summed E-state index contributed by atoms with van der Waals surface area (Å²) >= 11 is 0. The average molecular weight is 167 g/mol. The zero-order chi connectivity index (χ0) is 6.69. The Balaban J connectivity index is 0.000000810. The van der Waals surface area contributed by atoms with Crippen LogP contribution in [-0.4, -0.2) is 24.2 Å². The van der Waals surface area contributed by atoms with Crippen LogP contribution in [0.1, 0.15) is 12.8 Å². The fourth-order valence-corrected chi connectivity index (χ4v) is 0.997. The smallest absolute Gasteiger partial charge is 0.662 e. The predicted octanol–water partition coefficient (Wildman–Crippen LogP) is -2.14. The van der Waals surface area contributed by atoms with Gasteiger partial charge in [0.05, 0.1) is 5.92 Å². The Bertz CT molecular complexity index is 112. The van der Waals surface area contributed by atoms with E-state index in [1.54, 1.807) is 0 Å². The van der Waals surface area contributed by atoms with E-state index in [4.69, 9.17) is 5.11 Å². The number of hydrogen-bond donors (Lipinski definition) is 1. The molecule has 0 amide bonds. The van der Waals surface area contributed by atoms with Crippen molar-refractivity contribution < 1.29 is 61.3 Å². The minimum absolute atomic E-state index is 0. The van der Waals surface area contributed by atoms with E-state index in [0.29, 0.717) is 0 Å². The molecular formula is C6H10KNO2. The molecule has 0 spiro atoms. The molecule has 1 heterocycles. The van der Waals surface area contributed by atoms with E-state index in [-0.39, 0.29) is 57.3 Å². The number of piperidine rings is 1. The molecule has 0 aromatic heterocycles. The molecule has 1 aliphatic rings. The van der Waals surface area contributed by atoms with Crippen LogP contribution in [0.25, 0.3) is 5.32 Å². The number of hydrogen-bond acceptors (Lipinski definition) is 1. The maximum atomic E-state index is 10.3. The average Bonchev–Trinajstić information content (AvgIpc) is 1.90. The third kappa shape index (κ3) is 3.46. The Morgan fingerprint density at radius 3 is 2.20 bits per heavy atom. The molecule has 1 aliphatic heterocycles. The number of nitrogens with zero attached hydrogens (tertiary/aromatic N) is 1. The summed E-state index contributed by atoms with van der Waals surface area (Å²) in [7, 11) is 0. The molecule has 1 N–H and O–H groups in total. The molecule has 0 atom stereocenters. The largest absolute Gasteiger partial charge is 1.00 e. The predicted molar refractivity (Wildman–Crippen MR) is 33.5 cm³/mol. The first-order chi connectivity index (χ1) is 4.30. The molecule has 1 fully saturated rings. The Labute approximate surface area is 103 Å². The van der Waals surface area contributed by atoms with Gasteiger partial charge >= 0.3 is 57.4 Å². The maximum absolute atomic E-state index is 10.3. The van der Waals surface area contributed by atoms with Gasteiger partial charge in [-0.3, -0.25) is 4.79 Å². The van der Waals surface area contributed by atoms with Gasteiger partial charge in [-0.2, -0.15) is 0 Å². The van der Waals surface area contributed by atoms with Gasteiger partial charge in [0.1, 0.15) is 0 Å². The molecule has 3 nitrogen and oxygen atoms in total. The SMILES string of the molecule is O=C(O)C1CC[N-]CC1.[K+]. The molecule has 10 heavy (non-hydrogen) atoms. The van der Waals surface area contributed by atoms with Crippen LogP contribution < -0.4 is 51.4 Å². The minimum Gasteiger partial charge on any atom is -0.662 e. The van der Waals surface area contributed by atoms with Crippen LogP contribution in [-0.2, 0) is 4.79 Å². The van der Waals surface area contributed by atoms with Gasteiger partial charge < -0.3 is 10.4 Å². The monoisotopic (exact) mass is 167 g/mol. The van der Waals surface area contributed by atoms with Crippen molar-refractivity contribution in [3.8, 4) is 0 Å². The normalized spacial score (nSPS) is 19.6. The summed E-state index contributed by atoms with van der Waals surface area (Å²) in [6.45, 7) is 1.47. The molecule has 0 saturated carbocycles. The van der Waals surface area contributed by atoms with Crippen molar-refractivity contribution in [3.63, 3.8) is 0 Å². The van der Waals surface area contributed by atoms with Gasteiger partial charge in [-0.25, -0.2) is 0 Å². The van der Waals surface area contributed by atoms with Crippen molar-refractivity contribution in [3.05, 3.63) is 5.32 Å². The summed E-state index contributed by atoms with van der Waals surface area (Å²) in [6.07, 6.45) is 1.46. The van der Waals surface area contributed by atoms with Crippen LogP contribution in [0, 0.1) is 5.92 Å². The quantitative estimate of drug-likeness (QED) is 0.453. The van der Waals surface area contributed by atoms with E-state index in [1.165, 1.54) is 0 Å². The molecule has 1 saturated heterocycles. The summed E-state index contributed by atoms with van der Waals surface area (Å²) < 4.78 is 0. The second-order valence-electron chi connectivity index (χ2n) is 2.28. The van der Waals surface area contributed by atoms with Crippen LogP contribution >= 0.6 is 0 Å². The third-order valence-corrected chi connectivity index (χ3v) is 1.62. The van der Waals surface area contributed by atoms with Crippen LogP contribution in [0.5, 0.6) is 0 Å². The molecule has 0 aromatic carbocycles. The molecule has 0 aliphatic carbocycles. The van der Waals surface area contributed by atoms with Crippen molar-refractivity contribution in [2.75, 3.05) is 13.1 Å². The van der Waals surface area contributed by atoms with Crippen LogP contribution in [0.15, 0.2) is 0 Å². The van der Waals surface area contributed by atoms with E-state index in [9.17, 15) is 4.79 Å². The Morgan fingerprint density at radius 2 is 1.90 bits per heavy atom. The summed E-state index contributed by atoms with van der Waals surface area (Å²) in [5.41, 5.74) is 0. The standard InChI is InChI=1S/C6H10NO2.K/c8-6(9)5-1-3-7-4-2-5;/h5H,1-4H2,(H,8,9);/q-1;+1. The van der Waals surface area contributed by atoms with Gasteiger partial charge in [-0.1, -0.05) is 12.8 Å². The van der Waals surface area contributed by atoms with E-state index in [0.717, 1.165) is 25.9 Å². The van der Waals surface area contributed by atoms with Crippen molar-refractivity contribution >= 4 is 5.97 Å². The second kappa shape index (κ2) is 5.68. The van der Waals surface area contributed by atoms with Crippen molar-refractivity contribution in [1.29, 1.82) is 0 Å². The number of carboxylic acids is 1. The van der Waals surface area contributed by atoms with Gasteiger partial charge in [0, 0.05) is 0 Å². The van der Waals surface area contributed by atoms with Crippen LogP contribution in [0.4, 0.5) is 0 Å². The zero-order valence-electron chi connectivity index (χ0n) is 6.21. The van der Waals surface area contributed by atoms with Crippen molar-refractivity contribution in [1.82, 2.24) is 0 Å².